The first-order valence-electron chi connectivity index (χ1n) is 8.33. The van der Waals surface area contributed by atoms with E-state index in [1.54, 1.807) is 24.7 Å². The van der Waals surface area contributed by atoms with Crippen LogP contribution in [0.3, 0.4) is 0 Å². The number of pyridine rings is 1. The molecule has 0 saturated heterocycles. The minimum Gasteiger partial charge on any atom is -0.347 e. The molecule has 4 rings (SSSR count). The molecule has 3 aromatic heterocycles. The smallest absolute Gasteiger partial charge is 0.270 e. The van der Waals surface area contributed by atoms with Gasteiger partial charge in [0.25, 0.3) is 5.91 Å². The number of fused-ring (bicyclic) bond motifs is 1. The molecule has 26 heavy (non-hydrogen) atoms. The van der Waals surface area contributed by atoms with E-state index in [1.807, 2.05) is 25.3 Å². The lowest BCUT2D eigenvalue weighted by molar-refractivity contribution is 0.0946. The second kappa shape index (κ2) is 6.79. The van der Waals surface area contributed by atoms with Gasteiger partial charge in [0, 0.05) is 25.5 Å². The number of aromatic nitrogens is 5. The van der Waals surface area contributed by atoms with Crippen LogP contribution in [0.5, 0.6) is 0 Å². The van der Waals surface area contributed by atoms with Crippen LogP contribution in [0.25, 0.3) is 11.2 Å². The van der Waals surface area contributed by atoms with Crippen molar-refractivity contribution in [3.05, 3.63) is 77.8 Å². The molecule has 130 valence electrons. The molecule has 0 aliphatic carbocycles. The van der Waals surface area contributed by atoms with Crippen LogP contribution in [0.2, 0.25) is 0 Å². The number of rotatable bonds is 5. The number of carbonyl (C=O) groups excluding carboxylic acids is 1. The van der Waals surface area contributed by atoms with Crippen molar-refractivity contribution in [3.63, 3.8) is 0 Å². The number of imidazole rings is 2. The van der Waals surface area contributed by atoms with Gasteiger partial charge in [0.1, 0.15) is 11.5 Å². The molecule has 2 N–H and O–H groups in total. The van der Waals surface area contributed by atoms with Gasteiger partial charge in [-0.15, -0.1) is 0 Å². The van der Waals surface area contributed by atoms with Crippen LogP contribution < -0.4 is 5.32 Å². The molecule has 0 spiro atoms. The number of hydrogen-bond donors (Lipinski definition) is 2. The first kappa shape index (κ1) is 16.0. The van der Waals surface area contributed by atoms with Crippen molar-refractivity contribution in [2.45, 2.75) is 20.0 Å². The van der Waals surface area contributed by atoms with Crippen LogP contribution in [0.1, 0.15) is 27.4 Å². The number of nitrogens with zero attached hydrogens (tertiary/aromatic N) is 4. The minimum atomic E-state index is -0.217. The Hall–Kier alpha value is -3.48. The first-order valence-corrected chi connectivity index (χ1v) is 8.33. The minimum absolute atomic E-state index is 0.217. The van der Waals surface area contributed by atoms with Crippen molar-refractivity contribution >= 4 is 17.1 Å². The number of amides is 1. The molecule has 0 radical (unpaired) electrons. The largest absolute Gasteiger partial charge is 0.347 e. The molecule has 3 heterocycles. The Balaban J connectivity index is 1.43. The van der Waals surface area contributed by atoms with Crippen molar-refractivity contribution in [1.82, 2.24) is 29.8 Å². The predicted octanol–water partition coefficient (Wildman–Crippen LogP) is 2.44. The van der Waals surface area contributed by atoms with Gasteiger partial charge in [0.05, 0.1) is 11.8 Å². The summed E-state index contributed by atoms with van der Waals surface area (Å²) >= 11 is 0. The van der Waals surface area contributed by atoms with Crippen molar-refractivity contribution in [3.8, 4) is 0 Å². The van der Waals surface area contributed by atoms with E-state index in [0.717, 1.165) is 29.0 Å². The average Bonchev–Trinajstić information content (AvgIpc) is 3.28. The number of benzene rings is 1. The highest BCUT2D eigenvalue weighted by Crippen LogP contribution is 2.10. The van der Waals surface area contributed by atoms with Gasteiger partial charge in [-0.05, 0) is 30.2 Å². The third-order valence-corrected chi connectivity index (χ3v) is 4.24. The van der Waals surface area contributed by atoms with Crippen LogP contribution in [-0.4, -0.2) is 30.4 Å². The molecule has 0 saturated carbocycles. The van der Waals surface area contributed by atoms with E-state index < -0.39 is 0 Å². The number of nitrogens with one attached hydrogen (secondary N) is 2. The highest BCUT2D eigenvalue weighted by atomic mass is 16.1. The zero-order chi connectivity index (χ0) is 17.9. The van der Waals surface area contributed by atoms with Crippen LogP contribution >= 0.6 is 0 Å². The van der Waals surface area contributed by atoms with Crippen molar-refractivity contribution in [2.24, 2.45) is 0 Å². The van der Waals surface area contributed by atoms with E-state index in [9.17, 15) is 4.79 Å². The summed E-state index contributed by atoms with van der Waals surface area (Å²) < 4.78 is 2.08. The van der Waals surface area contributed by atoms with E-state index in [4.69, 9.17) is 0 Å². The molecule has 0 aliphatic heterocycles. The molecule has 0 aliphatic rings. The molecule has 0 unspecified atom stereocenters. The summed E-state index contributed by atoms with van der Waals surface area (Å²) in [5.74, 6) is 0.759. The van der Waals surface area contributed by atoms with Crippen molar-refractivity contribution < 1.29 is 4.79 Å². The molecule has 7 heteroatoms. The second-order valence-corrected chi connectivity index (χ2v) is 6.08. The lowest BCUT2D eigenvalue weighted by atomic mass is 10.1. The molecule has 0 fully saturated rings. The van der Waals surface area contributed by atoms with Gasteiger partial charge in [-0.3, -0.25) is 4.79 Å². The monoisotopic (exact) mass is 346 g/mol. The van der Waals surface area contributed by atoms with Crippen LogP contribution in [-0.2, 0) is 13.1 Å². The standard InChI is InChI=1S/C19H18N6O/c1-13-20-7-8-25(13)11-15-4-2-3-14(9-15)10-21-19(26)17-6-5-16-18(24-17)23-12-22-16/h2-9,12H,10-11H2,1H3,(H,21,26)(H,22,23,24). The SMILES string of the molecule is Cc1nccn1Cc1cccc(CNC(=O)c2ccc3[nH]cnc3n2)c1. The summed E-state index contributed by atoms with van der Waals surface area (Å²) in [6.45, 7) is 3.17. The van der Waals surface area contributed by atoms with E-state index in [-0.39, 0.29) is 5.91 Å². The van der Waals surface area contributed by atoms with Crippen LogP contribution in [0, 0.1) is 6.92 Å². The zero-order valence-corrected chi connectivity index (χ0v) is 14.3. The van der Waals surface area contributed by atoms with Gasteiger partial charge >= 0.3 is 0 Å². The quantitative estimate of drug-likeness (QED) is 0.581. The van der Waals surface area contributed by atoms with E-state index in [1.165, 1.54) is 0 Å². The Kier molecular flexibility index (Phi) is 4.18. The Morgan fingerprint density at radius 3 is 2.92 bits per heavy atom. The zero-order valence-electron chi connectivity index (χ0n) is 14.3. The summed E-state index contributed by atoms with van der Waals surface area (Å²) in [7, 11) is 0. The van der Waals surface area contributed by atoms with Gasteiger partial charge in [-0.25, -0.2) is 15.0 Å². The topological polar surface area (TPSA) is 88.5 Å². The molecule has 1 aromatic carbocycles. The highest BCUT2D eigenvalue weighted by molar-refractivity contribution is 5.93. The summed E-state index contributed by atoms with van der Waals surface area (Å²) in [5.41, 5.74) is 3.90. The average molecular weight is 346 g/mol. The number of aromatic amines is 1. The highest BCUT2D eigenvalue weighted by Gasteiger charge is 2.09. The van der Waals surface area contributed by atoms with E-state index in [2.05, 4.69) is 42.0 Å². The van der Waals surface area contributed by atoms with Gasteiger partial charge in [0.15, 0.2) is 5.65 Å². The lowest BCUT2D eigenvalue weighted by Gasteiger charge is -2.09. The van der Waals surface area contributed by atoms with E-state index >= 15 is 0 Å². The summed E-state index contributed by atoms with van der Waals surface area (Å²) in [6, 6.07) is 11.6. The molecule has 1 amide bonds. The maximum absolute atomic E-state index is 12.3. The third kappa shape index (κ3) is 3.32. The Bertz CT molecular complexity index is 1060. The van der Waals surface area contributed by atoms with Gasteiger partial charge in [-0.1, -0.05) is 24.3 Å². The third-order valence-electron chi connectivity index (χ3n) is 4.24. The summed E-state index contributed by atoms with van der Waals surface area (Å²) in [4.78, 5) is 27.9. The number of aryl methyl sites for hydroxylation is 1. The van der Waals surface area contributed by atoms with Crippen molar-refractivity contribution in [2.75, 3.05) is 0 Å². The maximum Gasteiger partial charge on any atom is 0.270 e. The normalized spacial score (nSPS) is 11.0. The van der Waals surface area contributed by atoms with Gasteiger partial charge < -0.3 is 14.9 Å². The predicted molar refractivity (Wildman–Crippen MR) is 97.6 cm³/mol. The fourth-order valence-corrected chi connectivity index (χ4v) is 2.83. The fourth-order valence-electron chi connectivity index (χ4n) is 2.83. The fraction of sp³-hybridized carbons (Fsp3) is 0.158. The molecular weight excluding hydrogens is 328 g/mol. The maximum atomic E-state index is 12.3. The Morgan fingerprint density at radius 1 is 1.19 bits per heavy atom. The molecule has 7 nitrogen and oxygen atoms in total. The van der Waals surface area contributed by atoms with Gasteiger partial charge in [0.2, 0.25) is 0 Å². The summed E-state index contributed by atoms with van der Waals surface area (Å²) in [6.07, 6.45) is 5.32. The van der Waals surface area contributed by atoms with Crippen molar-refractivity contribution in [1.29, 1.82) is 0 Å². The molecule has 4 aromatic rings. The first-order chi connectivity index (χ1) is 12.7. The molecular formula is C19H18N6O. The second-order valence-electron chi connectivity index (χ2n) is 6.08. The Morgan fingerprint density at radius 2 is 2.08 bits per heavy atom. The number of H-pyrrole nitrogens is 1. The van der Waals surface area contributed by atoms with Crippen LogP contribution in [0.15, 0.2) is 55.1 Å². The molecule has 0 bridgehead atoms. The lowest BCUT2D eigenvalue weighted by Crippen LogP contribution is -2.23. The molecule has 0 atom stereocenters. The van der Waals surface area contributed by atoms with Crippen LogP contribution in [0.4, 0.5) is 0 Å². The Labute approximate surface area is 150 Å². The number of hydrogen-bond acceptors (Lipinski definition) is 4. The van der Waals surface area contributed by atoms with Gasteiger partial charge in [-0.2, -0.15) is 0 Å². The summed E-state index contributed by atoms with van der Waals surface area (Å²) in [5, 5.41) is 2.91. The van der Waals surface area contributed by atoms with E-state index in [0.29, 0.717) is 17.9 Å². The number of carbonyl (C=O) groups is 1.